The molecule has 0 bridgehead atoms. The lowest BCUT2D eigenvalue weighted by molar-refractivity contribution is -0.139. The highest BCUT2D eigenvalue weighted by Crippen LogP contribution is 1.81. The highest BCUT2D eigenvalue weighted by Gasteiger charge is 1.97. The van der Waals surface area contributed by atoms with Crippen LogP contribution in [0.3, 0.4) is 0 Å². The standard InChI is InChI=1S/C6H11NO3/c1-3-9-6(7)4-10-5(2)8/h7H,3-4H2,1-2H3. The Labute approximate surface area is 59.6 Å². The molecular weight excluding hydrogens is 134 g/mol. The molecule has 0 aliphatic carbocycles. The Balaban J connectivity index is 3.30. The van der Waals surface area contributed by atoms with Crippen molar-refractivity contribution in [3.63, 3.8) is 0 Å². The minimum atomic E-state index is -0.399. The van der Waals surface area contributed by atoms with Crippen LogP contribution in [0.25, 0.3) is 0 Å². The summed E-state index contributed by atoms with van der Waals surface area (Å²) < 4.78 is 9.17. The second kappa shape index (κ2) is 4.78. The van der Waals surface area contributed by atoms with Crippen LogP contribution in [0, 0.1) is 5.41 Å². The van der Waals surface area contributed by atoms with E-state index in [0.29, 0.717) is 6.61 Å². The van der Waals surface area contributed by atoms with Crippen LogP contribution in [0.2, 0.25) is 0 Å². The number of hydrogen-bond acceptors (Lipinski definition) is 4. The Hall–Kier alpha value is -1.06. The first-order chi connectivity index (χ1) is 4.66. The van der Waals surface area contributed by atoms with Crippen LogP contribution in [0.1, 0.15) is 13.8 Å². The molecule has 0 aliphatic rings. The van der Waals surface area contributed by atoms with Gasteiger partial charge in [0.25, 0.3) is 0 Å². The fourth-order valence-corrected chi connectivity index (χ4v) is 0.383. The zero-order chi connectivity index (χ0) is 7.98. The van der Waals surface area contributed by atoms with Gasteiger partial charge in [-0.25, -0.2) is 0 Å². The number of esters is 1. The first-order valence-corrected chi connectivity index (χ1v) is 3.00. The van der Waals surface area contributed by atoms with Gasteiger partial charge >= 0.3 is 5.97 Å². The molecule has 1 N–H and O–H groups in total. The number of rotatable bonds is 3. The summed E-state index contributed by atoms with van der Waals surface area (Å²) >= 11 is 0. The molecule has 0 fully saturated rings. The smallest absolute Gasteiger partial charge is 0.303 e. The summed E-state index contributed by atoms with van der Waals surface area (Å²) in [7, 11) is 0. The lowest BCUT2D eigenvalue weighted by atomic mass is 10.7. The molecule has 10 heavy (non-hydrogen) atoms. The average Bonchev–Trinajstić information content (AvgIpc) is 1.85. The van der Waals surface area contributed by atoms with Crippen molar-refractivity contribution in [3.05, 3.63) is 0 Å². The molecule has 58 valence electrons. The molecule has 0 amide bonds. The molecule has 0 saturated heterocycles. The van der Waals surface area contributed by atoms with Crippen molar-refractivity contribution in [2.24, 2.45) is 0 Å². The molecule has 0 aromatic rings. The predicted molar refractivity (Wildman–Crippen MR) is 36.0 cm³/mol. The van der Waals surface area contributed by atoms with Gasteiger partial charge in [-0.1, -0.05) is 0 Å². The lowest BCUT2D eigenvalue weighted by Gasteiger charge is -2.03. The molecular formula is C6H11NO3. The van der Waals surface area contributed by atoms with Crippen LogP contribution in [0.4, 0.5) is 0 Å². The average molecular weight is 145 g/mol. The Morgan fingerprint density at radius 3 is 2.50 bits per heavy atom. The van der Waals surface area contributed by atoms with E-state index < -0.39 is 5.97 Å². The highest BCUT2D eigenvalue weighted by atomic mass is 16.6. The van der Waals surface area contributed by atoms with Crippen molar-refractivity contribution in [2.45, 2.75) is 13.8 Å². The maximum Gasteiger partial charge on any atom is 0.303 e. The fourth-order valence-electron chi connectivity index (χ4n) is 0.383. The predicted octanol–water partition coefficient (Wildman–Crippen LogP) is 0.563. The van der Waals surface area contributed by atoms with E-state index in [4.69, 9.17) is 10.1 Å². The van der Waals surface area contributed by atoms with E-state index in [1.165, 1.54) is 6.92 Å². The zero-order valence-electron chi connectivity index (χ0n) is 6.14. The van der Waals surface area contributed by atoms with Crippen molar-refractivity contribution in [3.8, 4) is 0 Å². The molecule has 0 aliphatic heterocycles. The van der Waals surface area contributed by atoms with Gasteiger partial charge in [-0.05, 0) is 6.92 Å². The summed E-state index contributed by atoms with van der Waals surface area (Å²) in [4.78, 5) is 10.2. The van der Waals surface area contributed by atoms with Gasteiger partial charge in [0.15, 0.2) is 6.61 Å². The molecule has 0 unspecified atom stereocenters. The number of carbonyl (C=O) groups is 1. The van der Waals surface area contributed by atoms with Crippen LogP contribution >= 0.6 is 0 Å². The Bertz CT molecular complexity index is 133. The minimum absolute atomic E-state index is 0.0160. The lowest BCUT2D eigenvalue weighted by Crippen LogP contribution is -2.13. The van der Waals surface area contributed by atoms with E-state index in [1.807, 2.05) is 0 Å². The third-order valence-corrected chi connectivity index (χ3v) is 0.725. The third kappa shape index (κ3) is 5.08. The van der Waals surface area contributed by atoms with Crippen molar-refractivity contribution in [2.75, 3.05) is 13.2 Å². The van der Waals surface area contributed by atoms with Gasteiger partial charge in [0.2, 0.25) is 5.90 Å². The highest BCUT2D eigenvalue weighted by molar-refractivity contribution is 5.77. The Morgan fingerprint density at radius 1 is 1.50 bits per heavy atom. The Kier molecular flexibility index (Phi) is 4.28. The van der Waals surface area contributed by atoms with Gasteiger partial charge in [-0.15, -0.1) is 0 Å². The van der Waals surface area contributed by atoms with Crippen molar-refractivity contribution >= 4 is 11.9 Å². The SMILES string of the molecule is CCOC(=N)COC(C)=O. The summed E-state index contributed by atoms with van der Waals surface area (Å²) in [5, 5.41) is 6.98. The maximum atomic E-state index is 10.2. The van der Waals surface area contributed by atoms with Crippen LogP contribution in [0.5, 0.6) is 0 Å². The molecule has 0 radical (unpaired) electrons. The molecule has 0 atom stereocenters. The number of carbonyl (C=O) groups excluding carboxylic acids is 1. The molecule has 4 nitrogen and oxygen atoms in total. The van der Waals surface area contributed by atoms with Gasteiger partial charge in [0.05, 0.1) is 6.61 Å². The quantitative estimate of drug-likeness (QED) is 0.358. The summed E-state index contributed by atoms with van der Waals surface area (Å²) in [6.07, 6.45) is 0. The molecule has 0 aromatic carbocycles. The first-order valence-electron chi connectivity index (χ1n) is 3.00. The van der Waals surface area contributed by atoms with Gasteiger partial charge in [0, 0.05) is 6.92 Å². The minimum Gasteiger partial charge on any atom is -0.479 e. The molecule has 0 spiro atoms. The van der Waals surface area contributed by atoms with Gasteiger partial charge in [-0.3, -0.25) is 10.2 Å². The fraction of sp³-hybridized carbons (Fsp3) is 0.667. The van der Waals surface area contributed by atoms with Crippen LogP contribution in [0.15, 0.2) is 0 Å². The van der Waals surface area contributed by atoms with E-state index in [-0.39, 0.29) is 12.5 Å². The van der Waals surface area contributed by atoms with Crippen molar-refractivity contribution in [1.82, 2.24) is 0 Å². The topological polar surface area (TPSA) is 59.4 Å². The van der Waals surface area contributed by atoms with Crippen molar-refractivity contribution < 1.29 is 14.3 Å². The second-order valence-electron chi connectivity index (χ2n) is 1.64. The summed E-state index contributed by atoms with van der Waals surface area (Å²) in [5.74, 6) is -0.415. The number of nitrogens with one attached hydrogen (secondary N) is 1. The van der Waals surface area contributed by atoms with Crippen LogP contribution in [-0.4, -0.2) is 25.1 Å². The van der Waals surface area contributed by atoms with Crippen LogP contribution in [-0.2, 0) is 14.3 Å². The van der Waals surface area contributed by atoms with Gasteiger partial charge in [0.1, 0.15) is 0 Å². The molecule has 4 heteroatoms. The number of hydrogen-bond donors (Lipinski definition) is 1. The monoisotopic (exact) mass is 145 g/mol. The van der Waals surface area contributed by atoms with E-state index in [2.05, 4.69) is 4.74 Å². The second-order valence-corrected chi connectivity index (χ2v) is 1.64. The summed E-state index contributed by atoms with van der Waals surface area (Å²) in [5.41, 5.74) is 0. The van der Waals surface area contributed by atoms with Gasteiger partial charge in [-0.2, -0.15) is 0 Å². The maximum absolute atomic E-state index is 10.2. The van der Waals surface area contributed by atoms with E-state index in [0.717, 1.165) is 0 Å². The van der Waals surface area contributed by atoms with E-state index >= 15 is 0 Å². The zero-order valence-corrected chi connectivity index (χ0v) is 6.14. The van der Waals surface area contributed by atoms with Crippen molar-refractivity contribution in [1.29, 1.82) is 5.41 Å². The Morgan fingerprint density at radius 2 is 2.10 bits per heavy atom. The normalized spacial score (nSPS) is 8.60. The molecule has 0 heterocycles. The third-order valence-electron chi connectivity index (χ3n) is 0.725. The summed E-state index contributed by atoms with van der Waals surface area (Å²) in [6.45, 7) is 3.42. The molecule has 0 rings (SSSR count). The van der Waals surface area contributed by atoms with E-state index in [1.54, 1.807) is 6.92 Å². The van der Waals surface area contributed by atoms with E-state index in [9.17, 15) is 4.79 Å². The number of ether oxygens (including phenoxy) is 2. The van der Waals surface area contributed by atoms with Gasteiger partial charge < -0.3 is 9.47 Å². The van der Waals surface area contributed by atoms with Crippen LogP contribution < -0.4 is 0 Å². The summed E-state index contributed by atoms with van der Waals surface area (Å²) in [6, 6.07) is 0. The molecule has 0 aromatic heterocycles. The largest absolute Gasteiger partial charge is 0.479 e. The molecule has 0 saturated carbocycles. The first kappa shape index (κ1) is 8.94.